The zero-order valence-electron chi connectivity index (χ0n) is 6.97. The summed E-state index contributed by atoms with van der Waals surface area (Å²) in [6.07, 6.45) is 6.21. The van der Waals surface area contributed by atoms with Crippen LogP contribution in [0, 0.1) is 0 Å². The summed E-state index contributed by atoms with van der Waals surface area (Å²) >= 11 is 0. The van der Waals surface area contributed by atoms with Gasteiger partial charge in [0.05, 0.1) is 0 Å². The lowest BCUT2D eigenvalue weighted by atomic mass is 10.2. The molecule has 2 rings (SSSR count). The van der Waals surface area contributed by atoms with E-state index in [1.165, 1.54) is 45.4 Å². The van der Waals surface area contributed by atoms with Gasteiger partial charge in [0.25, 0.3) is 0 Å². The molecule has 2 aliphatic rings. The van der Waals surface area contributed by atoms with Gasteiger partial charge in [-0.2, -0.15) is 0 Å². The molecule has 0 saturated carbocycles. The van der Waals surface area contributed by atoms with E-state index in [9.17, 15) is 0 Å². The van der Waals surface area contributed by atoms with Crippen LogP contribution in [0.3, 0.4) is 0 Å². The van der Waals surface area contributed by atoms with E-state index in [4.69, 9.17) is 0 Å². The van der Waals surface area contributed by atoms with Crippen LogP contribution in [0.5, 0.6) is 0 Å². The van der Waals surface area contributed by atoms with Crippen LogP contribution in [0.1, 0.15) is 19.3 Å². The minimum absolute atomic E-state index is 1.17. The van der Waals surface area contributed by atoms with Gasteiger partial charge in [-0.1, -0.05) is 6.08 Å². The van der Waals surface area contributed by atoms with Crippen molar-refractivity contribution in [3.05, 3.63) is 11.8 Å². The quantitative estimate of drug-likeness (QED) is 0.556. The van der Waals surface area contributed by atoms with Crippen LogP contribution in [0.4, 0.5) is 0 Å². The van der Waals surface area contributed by atoms with Crippen LogP contribution < -0.4 is 5.32 Å². The van der Waals surface area contributed by atoms with Gasteiger partial charge < -0.3 is 10.2 Å². The summed E-state index contributed by atoms with van der Waals surface area (Å²) in [7, 11) is 0. The molecule has 2 aliphatic heterocycles. The van der Waals surface area contributed by atoms with Crippen molar-refractivity contribution in [3.63, 3.8) is 0 Å². The second-order valence-electron chi connectivity index (χ2n) is 3.32. The fourth-order valence-corrected chi connectivity index (χ4v) is 1.91. The molecule has 2 heterocycles. The Morgan fingerprint density at radius 2 is 2.27 bits per heavy atom. The molecule has 1 saturated heterocycles. The predicted molar refractivity (Wildman–Crippen MR) is 46.4 cm³/mol. The molecule has 62 valence electrons. The Labute approximate surface area is 68.3 Å². The fraction of sp³-hybridized carbons (Fsp3) is 0.778. The maximum Gasteiger partial charge on any atom is 0.0210 e. The Bertz CT molecular complexity index is 163. The highest BCUT2D eigenvalue weighted by molar-refractivity contribution is 5.08. The first-order valence-electron chi connectivity index (χ1n) is 4.61. The molecule has 0 aromatic rings. The molecule has 0 aromatic carbocycles. The summed E-state index contributed by atoms with van der Waals surface area (Å²) in [5.74, 6) is 0. The zero-order chi connectivity index (χ0) is 7.52. The van der Waals surface area contributed by atoms with Gasteiger partial charge in [-0.25, -0.2) is 0 Å². The van der Waals surface area contributed by atoms with Crippen molar-refractivity contribution in [1.29, 1.82) is 0 Å². The van der Waals surface area contributed by atoms with E-state index in [-0.39, 0.29) is 0 Å². The van der Waals surface area contributed by atoms with E-state index in [2.05, 4.69) is 16.3 Å². The molecule has 0 atom stereocenters. The highest BCUT2D eigenvalue weighted by Crippen LogP contribution is 2.18. The van der Waals surface area contributed by atoms with E-state index in [0.717, 1.165) is 0 Å². The Balaban J connectivity index is 1.98. The van der Waals surface area contributed by atoms with E-state index < -0.39 is 0 Å². The number of fused-ring (bicyclic) bond motifs is 1. The average Bonchev–Trinajstić information content (AvgIpc) is 2.35. The first-order valence-corrected chi connectivity index (χ1v) is 4.61. The van der Waals surface area contributed by atoms with Crippen LogP contribution in [-0.2, 0) is 0 Å². The van der Waals surface area contributed by atoms with Crippen molar-refractivity contribution >= 4 is 0 Å². The first-order chi connectivity index (χ1) is 5.47. The highest BCUT2D eigenvalue weighted by atomic mass is 15.2. The standard InChI is InChI=1S/C9H16N2/c1-3-9-4-6-10-5-2-8-11(9)7-1/h3,10H,1-2,4-8H2. The summed E-state index contributed by atoms with van der Waals surface area (Å²) in [6.45, 7) is 4.90. The molecular weight excluding hydrogens is 136 g/mol. The second kappa shape index (κ2) is 3.26. The molecule has 0 amide bonds. The Kier molecular flexibility index (Phi) is 2.13. The van der Waals surface area contributed by atoms with Crippen molar-refractivity contribution in [3.8, 4) is 0 Å². The van der Waals surface area contributed by atoms with E-state index in [1.54, 1.807) is 5.70 Å². The smallest absolute Gasteiger partial charge is 0.0210 e. The summed E-state index contributed by atoms with van der Waals surface area (Å²) in [5, 5.41) is 3.43. The SMILES string of the molecule is C1=C2CCNCCCN2CC1. The molecule has 0 radical (unpaired) electrons. The molecule has 0 aliphatic carbocycles. The van der Waals surface area contributed by atoms with Crippen LogP contribution in [0.2, 0.25) is 0 Å². The van der Waals surface area contributed by atoms with Gasteiger partial charge in [-0.15, -0.1) is 0 Å². The maximum absolute atomic E-state index is 3.43. The van der Waals surface area contributed by atoms with Gasteiger partial charge in [-0.05, 0) is 25.8 Å². The number of rotatable bonds is 0. The zero-order valence-corrected chi connectivity index (χ0v) is 6.97. The van der Waals surface area contributed by atoms with Crippen molar-refractivity contribution in [2.24, 2.45) is 0 Å². The lowest BCUT2D eigenvalue weighted by Crippen LogP contribution is -2.30. The largest absolute Gasteiger partial charge is 0.375 e. The molecule has 0 spiro atoms. The van der Waals surface area contributed by atoms with Crippen LogP contribution in [-0.4, -0.2) is 31.1 Å². The van der Waals surface area contributed by atoms with Gasteiger partial charge >= 0.3 is 0 Å². The van der Waals surface area contributed by atoms with Crippen LogP contribution >= 0.6 is 0 Å². The van der Waals surface area contributed by atoms with Crippen molar-refractivity contribution in [2.45, 2.75) is 19.3 Å². The van der Waals surface area contributed by atoms with Gasteiger partial charge in [-0.3, -0.25) is 0 Å². The molecule has 2 heteroatoms. The number of nitrogens with zero attached hydrogens (tertiary/aromatic N) is 1. The van der Waals surface area contributed by atoms with E-state index in [0.29, 0.717) is 0 Å². The minimum atomic E-state index is 1.17. The third kappa shape index (κ3) is 1.56. The van der Waals surface area contributed by atoms with E-state index in [1.807, 2.05) is 0 Å². The number of nitrogens with one attached hydrogen (secondary N) is 1. The summed E-state index contributed by atoms with van der Waals surface area (Å²) < 4.78 is 0. The Hall–Kier alpha value is -0.500. The monoisotopic (exact) mass is 152 g/mol. The first kappa shape index (κ1) is 7.17. The van der Waals surface area contributed by atoms with Crippen LogP contribution in [0.25, 0.3) is 0 Å². The maximum atomic E-state index is 3.43. The van der Waals surface area contributed by atoms with Crippen molar-refractivity contribution in [2.75, 3.05) is 26.2 Å². The molecule has 0 aromatic heterocycles. The van der Waals surface area contributed by atoms with Gasteiger partial charge in [0, 0.05) is 25.3 Å². The molecule has 1 fully saturated rings. The Morgan fingerprint density at radius 3 is 3.27 bits per heavy atom. The molecule has 0 unspecified atom stereocenters. The lowest BCUT2D eigenvalue weighted by Gasteiger charge is -2.25. The molecule has 1 N–H and O–H groups in total. The third-order valence-electron chi connectivity index (χ3n) is 2.52. The van der Waals surface area contributed by atoms with Crippen molar-refractivity contribution in [1.82, 2.24) is 10.2 Å². The van der Waals surface area contributed by atoms with Gasteiger partial charge in [0.1, 0.15) is 0 Å². The molecular formula is C9H16N2. The summed E-state index contributed by atoms with van der Waals surface area (Å²) in [4.78, 5) is 2.54. The second-order valence-corrected chi connectivity index (χ2v) is 3.32. The van der Waals surface area contributed by atoms with Gasteiger partial charge in [0.15, 0.2) is 0 Å². The lowest BCUT2D eigenvalue weighted by molar-refractivity contribution is 0.338. The highest BCUT2D eigenvalue weighted by Gasteiger charge is 2.14. The predicted octanol–water partition coefficient (Wildman–Crippen LogP) is 0.959. The van der Waals surface area contributed by atoms with Crippen molar-refractivity contribution < 1.29 is 0 Å². The minimum Gasteiger partial charge on any atom is -0.375 e. The summed E-state index contributed by atoms with van der Waals surface area (Å²) in [6, 6.07) is 0. The molecule has 11 heavy (non-hydrogen) atoms. The molecule has 2 nitrogen and oxygen atoms in total. The Morgan fingerprint density at radius 1 is 1.27 bits per heavy atom. The number of hydrogen-bond acceptors (Lipinski definition) is 2. The van der Waals surface area contributed by atoms with Gasteiger partial charge in [0.2, 0.25) is 0 Å². The normalized spacial score (nSPS) is 25.5. The third-order valence-corrected chi connectivity index (χ3v) is 2.52. The fourth-order valence-electron chi connectivity index (χ4n) is 1.91. The molecule has 0 bridgehead atoms. The van der Waals surface area contributed by atoms with E-state index >= 15 is 0 Å². The summed E-state index contributed by atoms with van der Waals surface area (Å²) in [5.41, 5.74) is 1.58. The number of hydrogen-bond donors (Lipinski definition) is 1. The topological polar surface area (TPSA) is 15.3 Å². The van der Waals surface area contributed by atoms with Crippen LogP contribution in [0.15, 0.2) is 11.8 Å². The average molecular weight is 152 g/mol.